The number of anilines is 1. The Labute approximate surface area is 136 Å². The molecule has 0 unspecified atom stereocenters. The Morgan fingerprint density at radius 3 is 2.62 bits per heavy atom. The highest BCUT2D eigenvalue weighted by Crippen LogP contribution is 2.29. The quantitative estimate of drug-likeness (QED) is 0.607. The Morgan fingerprint density at radius 1 is 1.24 bits per heavy atom. The van der Waals surface area contributed by atoms with Crippen molar-refractivity contribution in [2.45, 2.75) is 6.92 Å². The van der Waals surface area contributed by atoms with Gasteiger partial charge in [0, 0.05) is 23.2 Å². The van der Waals surface area contributed by atoms with Gasteiger partial charge in [0.25, 0.3) is 5.91 Å². The zero-order chi connectivity index (χ0) is 15.2. The lowest BCUT2D eigenvalue weighted by Gasteiger charge is -2.09. The Balaban J connectivity index is 2.15. The fourth-order valence-electron chi connectivity index (χ4n) is 1.52. The van der Waals surface area contributed by atoms with Crippen LogP contribution in [0.2, 0.25) is 0 Å². The van der Waals surface area contributed by atoms with E-state index in [-0.39, 0.29) is 5.91 Å². The van der Waals surface area contributed by atoms with Crippen molar-refractivity contribution < 1.29 is 4.79 Å². The predicted octanol–water partition coefficient (Wildman–Crippen LogP) is 4.06. The highest BCUT2D eigenvalue weighted by Gasteiger charge is 2.14. The van der Waals surface area contributed by atoms with Gasteiger partial charge in [-0.2, -0.15) is 0 Å². The van der Waals surface area contributed by atoms with Crippen LogP contribution >= 0.6 is 27.3 Å². The minimum Gasteiger partial charge on any atom is -0.286 e. The second kappa shape index (κ2) is 7.28. The topological polar surface area (TPSA) is 46.1 Å². The molecule has 0 bridgehead atoms. The molecule has 0 radical (unpaired) electrons. The number of aromatic nitrogens is 2. The van der Waals surface area contributed by atoms with Gasteiger partial charge < -0.3 is 0 Å². The van der Waals surface area contributed by atoms with Crippen molar-refractivity contribution in [1.29, 1.82) is 0 Å². The summed E-state index contributed by atoms with van der Waals surface area (Å²) in [4.78, 5) is 13.4. The summed E-state index contributed by atoms with van der Waals surface area (Å²) in [5.41, 5.74) is 0.979. The number of rotatable bonds is 4. The molecule has 108 valence electrons. The third-order valence-corrected chi connectivity index (χ3v) is 4.24. The molecule has 1 aromatic carbocycles. The highest BCUT2D eigenvalue weighted by atomic mass is 79.9. The maximum atomic E-state index is 11.9. The van der Waals surface area contributed by atoms with E-state index >= 15 is 0 Å². The van der Waals surface area contributed by atoms with E-state index in [2.05, 4.69) is 26.1 Å². The van der Waals surface area contributed by atoms with Crippen molar-refractivity contribution in [2.24, 2.45) is 0 Å². The number of carbonyl (C=O) groups is 1. The van der Waals surface area contributed by atoms with Crippen LogP contribution < -0.4 is 4.90 Å². The summed E-state index contributed by atoms with van der Waals surface area (Å²) in [6, 6.07) is 7.82. The summed E-state index contributed by atoms with van der Waals surface area (Å²) in [5, 5.41) is 9.57. The third-order valence-electron chi connectivity index (χ3n) is 2.67. The van der Waals surface area contributed by atoms with E-state index in [4.69, 9.17) is 0 Å². The second-order valence-electron chi connectivity index (χ2n) is 4.18. The van der Waals surface area contributed by atoms with Crippen molar-refractivity contribution in [3.63, 3.8) is 0 Å². The minimum atomic E-state index is -0.133. The molecule has 0 saturated carbocycles. The molecule has 6 heteroatoms. The average molecular weight is 364 g/mol. The van der Waals surface area contributed by atoms with Gasteiger partial charge in [-0.15, -0.1) is 10.2 Å². The first kappa shape index (κ1) is 15.6. The van der Waals surface area contributed by atoms with Crippen LogP contribution in [0.3, 0.4) is 0 Å². The Hall–Kier alpha value is -1.79. The normalized spacial score (nSPS) is 11.4. The van der Waals surface area contributed by atoms with Crippen molar-refractivity contribution in [3.8, 4) is 10.6 Å². The first-order valence-corrected chi connectivity index (χ1v) is 7.89. The standard InChI is InChI=1S/C15H14BrN3OS/c1-3-4-5-6-13(20)19(2)15-18-17-14(21-15)11-7-9-12(16)10-8-11/h3-10H,1-2H3/b4-3+,6-5+. The summed E-state index contributed by atoms with van der Waals surface area (Å²) < 4.78 is 1.01. The highest BCUT2D eigenvalue weighted by molar-refractivity contribution is 9.10. The van der Waals surface area contributed by atoms with Crippen LogP contribution in [-0.2, 0) is 4.79 Å². The molecular formula is C15H14BrN3OS. The molecule has 1 amide bonds. The molecule has 0 N–H and O–H groups in total. The SMILES string of the molecule is C/C=C/C=C/C(=O)N(C)c1nnc(-c2ccc(Br)cc2)s1. The van der Waals surface area contributed by atoms with E-state index < -0.39 is 0 Å². The van der Waals surface area contributed by atoms with Gasteiger partial charge in [0.1, 0.15) is 5.01 Å². The Morgan fingerprint density at radius 2 is 1.95 bits per heavy atom. The van der Waals surface area contributed by atoms with E-state index in [1.165, 1.54) is 22.3 Å². The van der Waals surface area contributed by atoms with Gasteiger partial charge in [0.05, 0.1) is 0 Å². The summed E-state index contributed by atoms with van der Waals surface area (Å²) in [7, 11) is 1.69. The van der Waals surface area contributed by atoms with Crippen LogP contribution in [0.4, 0.5) is 5.13 Å². The number of amides is 1. The van der Waals surface area contributed by atoms with Crippen LogP contribution in [0.5, 0.6) is 0 Å². The molecule has 0 aliphatic carbocycles. The van der Waals surface area contributed by atoms with Gasteiger partial charge >= 0.3 is 0 Å². The molecule has 4 nitrogen and oxygen atoms in total. The molecule has 21 heavy (non-hydrogen) atoms. The number of halogens is 1. The van der Waals surface area contributed by atoms with Crippen molar-refractivity contribution in [2.75, 3.05) is 11.9 Å². The predicted molar refractivity (Wildman–Crippen MR) is 90.4 cm³/mol. The monoisotopic (exact) mass is 363 g/mol. The fraction of sp³-hybridized carbons (Fsp3) is 0.133. The van der Waals surface area contributed by atoms with Gasteiger partial charge in [0.15, 0.2) is 0 Å². The molecule has 0 saturated heterocycles. The number of carbonyl (C=O) groups excluding carboxylic acids is 1. The maximum absolute atomic E-state index is 11.9. The first-order chi connectivity index (χ1) is 10.1. The van der Waals surface area contributed by atoms with Gasteiger partial charge in [-0.3, -0.25) is 9.69 Å². The van der Waals surface area contributed by atoms with E-state index in [0.29, 0.717) is 5.13 Å². The van der Waals surface area contributed by atoms with Gasteiger partial charge in [0.2, 0.25) is 5.13 Å². The van der Waals surface area contributed by atoms with Gasteiger partial charge in [-0.1, -0.05) is 57.6 Å². The number of benzene rings is 1. The molecule has 1 heterocycles. The molecule has 0 aliphatic rings. The van der Waals surface area contributed by atoms with Gasteiger partial charge in [-0.25, -0.2) is 0 Å². The number of nitrogens with zero attached hydrogens (tertiary/aromatic N) is 3. The molecular weight excluding hydrogens is 350 g/mol. The summed E-state index contributed by atoms with van der Waals surface area (Å²) >= 11 is 4.78. The summed E-state index contributed by atoms with van der Waals surface area (Å²) in [6.07, 6.45) is 6.87. The smallest absolute Gasteiger partial charge is 0.252 e. The van der Waals surface area contributed by atoms with Crippen LogP contribution in [0, 0.1) is 0 Å². The molecule has 2 aromatic rings. The van der Waals surface area contributed by atoms with Gasteiger partial charge in [-0.05, 0) is 19.1 Å². The van der Waals surface area contributed by atoms with Crippen molar-refractivity contribution >= 4 is 38.3 Å². The van der Waals surface area contributed by atoms with E-state index in [1.54, 1.807) is 19.2 Å². The molecule has 0 spiro atoms. The summed E-state index contributed by atoms with van der Waals surface area (Å²) in [5.74, 6) is -0.133. The van der Waals surface area contributed by atoms with Crippen LogP contribution in [0.25, 0.3) is 10.6 Å². The maximum Gasteiger partial charge on any atom is 0.252 e. The van der Waals surface area contributed by atoms with Crippen molar-refractivity contribution in [1.82, 2.24) is 10.2 Å². The number of likely N-dealkylation sites (N-methyl/N-ethyl adjacent to an activating group) is 1. The molecule has 0 atom stereocenters. The van der Waals surface area contributed by atoms with Crippen molar-refractivity contribution in [3.05, 3.63) is 53.0 Å². The van der Waals surface area contributed by atoms with E-state index in [9.17, 15) is 4.79 Å². The zero-order valence-corrected chi connectivity index (χ0v) is 14.1. The number of allylic oxidation sites excluding steroid dienone is 3. The lowest BCUT2D eigenvalue weighted by molar-refractivity contribution is -0.113. The Kier molecular flexibility index (Phi) is 5.41. The fourth-order valence-corrected chi connectivity index (χ4v) is 2.60. The second-order valence-corrected chi connectivity index (χ2v) is 6.05. The van der Waals surface area contributed by atoms with Crippen LogP contribution in [0.1, 0.15) is 6.92 Å². The first-order valence-electron chi connectivity index (χ1n) is 6.28. The number of hydrogen-bond donors (Lipinski definition) is 0. The minimum absolute atomic E-state index is 0.133. The Bertz CT molecular complexity index is 676. The largest absolute Gasteiger partial charge is 0.286 e. The zero-order valence-electron chi connectivity index (χ0n) is 11.7. The lowest BCUT2D eigenvalue weighted by atomic mass is 10.2. The molecule has 0 fully saturated rings. The van der Waals surface area contributed by atoms with Crippen LogP contribution in [-0.4, -0.2) is 23.2 Å². The molecule has 2 rings (SSSR count). The number of hydrogen-bond acceptors (Lipinski definition) is 4. The lowest BCUT2D eigenvalue weighted by Crippen LogP contribution is -2.23. The van der Waals surface area contributed by atoms with E-state index in [0.717, 1.165) is 15.0 Å². The average Bonchev–Trinajstić information content (AvgIpc) is 2.97. The van der Waals surface area contributed by atoms with Crippen LogP contribution in [0.15, 0.2) is 53.0 Å². The molecule has 1 aromatic heterocycles. The van der Waals surface area contributed by atoms with E-state index in [1.807, 2.05) is 37.3 Å². The third kappa shape index (κ3) is 4.09. The molecule has 0 aliphatic heterocycles. The summed E-state index contributed by atoms with van der Waals surface area (Å²) in [6.45, 7) is 1.90.